The Morgan fingerprint density at radius 3 is 2.02 bits per heavy atom. The molecule has 0 bridgehead atoms. The second kappa shape index (κ2) is 27.3. The number of nitrogens with one attached hydrogen (secondary N) is 6. The molecule has 51 heavy (non-hydrogen) atoms. The molecule has 2 fully saturated rings. The van der Waals surface area contributed by atoms with E-state index in [0.29, 0.717) is 101 Å². The summed E-state index contributed by atoms with van der Waals surface area (Å²) >= 11 is 2.01. The number of amides is 6. The van der Waals surface area contributed by atoms with E-state index in [1.807, 2.05) is 29.5 Å². The van der Waals surface area contributed by atoms with E-state index in [1.54, 1.807) is 0 Å². The minimum atomic E-state index is -0.676. The van der Waals surface area contributed by atoms with E-state index in [9.17, 15) is 24.0 Å². The number of piperidine rings is 1. The SMILES string of the molecule is CC1NC(=O)NC1CCCCCC(=O)NCCCCC(NC(=O)CN1C(C)CCCC1C)C(=O)NCCOCCOCCOCCNC(=O)CI. The maximum atomic E-state index is 13.1. The fraction of sp³-hybridized carbons (Fsp3) is 0.857. The molecule has 0 aliphatic carbocycles. The van der Waals surface area contributed by atoms with Crippen molar-refractivity contribution in [3.8, 4) is 0 Å². The molecule has 5 atom stereocenters. The highest BCUT2D eigenvalue weighted by Gasteiger charge is 2.29. The van der Waals surface area contributed by atoms with Gasteiger partial charge in [-0.1, -0.05) is 41.9 Å². The number of carbonyl (C=O) groups is 5. The van der Waals surface area contributed by atoms with Crippen molar-refractivity contribution in [2.45, 2.75) is 122 Å². The number of likely N-dealkylation sites (tertiary alicyclic amines) is 1. The predicted octanol–water partition coefficient (Wildman–Crippen LogP) is 1.76. The first-order chi connectivity index (χ1) is 24.6. The molecule has 2 aliphatic rings. The Morgan fingerprint density at radius 2 is 1.39 bits per heavy atom. The van der Waals surface area contributed by atoms with E-state index in [1.165, 1.54) is 0 Å². The van der Waals surface area contributed by atoms with Crippen LogP contribution < -0.4 is 31.9 Å². The fourth-order valence-electron chi connectivity index (χ4n) is 6.26. The molecule has 2 rings (SSSR count). The van der Waals surface area contributed by atoms with Gasteiger partial charge in [-0.3, -0.25) is 24.1 Å². The molecule has 0 radical (unpaired) electrons. The van der Waals surface area contributed by atoms with Crippen LogP contribution in [0.15, 0.2) is 0 Å². The smallest absolute Gasteiger partial charge is 0.315 e. The van der Waals surface area contributed by atoms with Crippen LogP contribution in [0.1, 0.15) is 91.4 Å². The molecule has 2 aliphatic heterocycles. The van der Waals surface area contributed by atoms with Gasteiger partial charge in [-0.15, -0.1) is 0 Å². The number of unbranched alkanes of at least 4 members (excludes halogenated alkanes) is 3. The summed E-state index contributed by atoms with van der Waals surface area (Å²) in [4.78, 5) is 63.4. The van der Waals surface area contributed by atoms with Crippen LogP contribution in [0, 0.1) is 0 Å². The number of alkyl halides is 1. The average molecular weight is 838 g/mol. The van der Waals surface area contributed by atoms with Gasteiger partial charge in [0.25, 0.3) is 0 Å². The Morgan fingerprint density at radius 1 is 0.765 bits per heavy atom. The summed E-state index contributed by atoms with van der Waals surface area (Å²) < 4.78 is 16.9. The van der Waals surface area contributed by atoms with Crippen molar-refractivity contribution in [2.75, 3.05) is 70.2 Å². The first kappa shape index (κ1) is 44.9. The Kier molecular flexibility index (Phi) is 24.1. The standard InChI is InChI=1S/C35H64IN7O8/c1-26-10-9-11-27(2)43(26)25-33(46)41-30(34(47)39-17-19-50-21-23-51-22-20-49-18-16-38-32(45)24-36)13-7-8-15-37-31(44)14-6-4-5-12-29-28(3)40-35(48)42-29/h26-30H,4-25H2,1-3H3,(H,37,44)(H,38,45)(H,39,47)(H,41,46)(H2,40,42,48). The molecule has 0 aromatic rings. The Labute approximate surface area is 318 Å². The van der Waals surface area contributed by atoms with Gasteiger partial charge in [0.05, 0.1) is 56.7 Å². The zero-order valence-corrected chi connectivity index (χ0v) is 33.2. The van der Waals surface area contributed by atoms with Crippen LogP contribution in [0.2, 0.25) is 0 Å². The minimum Gasteiger partial charge on any atom is -0.377 e. The van der Waals surface area contributed by atoms with Gasteiger partial charge in [-0.2, -0.15) is 0 Å². The lowest BCUT2D eigenvalue weighted by Gasteiger charge is -2.38. The molecule has 294 valence electrons. The summed E-state index contributed by atoms with van der Waals surface area (Å²) in [6.45, 7) is 10.2. The van der Waals surface area contributed by atoms with Gasteiger partial charge >= 0.3 is 6.03 Å². The fourth-order valence-corrected chi connectivity index (χ4v) is 6.53. The van der Waals surface area contributed by atoms with Crippen molar-refractivity contribution in [2.24, 2.45) is 0 Å². The topological polar surface area (TPSA) is 188 Å². The second-order valence-corrected chi connectivity index (χ2v) is 14.3. The molecule has 16 heteroatoms. The molecule has 6 amide bonds. The molecule has 0 saturated carbocycles. The molecule has 2 saturated heterocycles. The zero-order valence-electron chi connectivity index (χ0n) is 31.0. The third-order valence-electron chi connectivity index (χ3n) is 9.27. The summed E-state index contributed by atoms with van der Waals surface area (Å²) in [5.74, 6) is -0.410. The van der Waals surface area contributed by atoms with E-state index in [0.717, 1.165) is 44.9 Å². The van der Waals surface area contributed by atoms with Crippen molar-refractivity contribution in [3.05, 3.63) is 0 Å². The predicted molar refractivity (Wildman–Crippen MR) is 204 cm³/mol. The maximum absolute atomic E-state index is 13.1. The summed E-state index contributed by atoms with van der Waals surface area (Å²) in [5, 5.41) is 17.3. The normalized spacial score (nSPS) is 21.0. The van der Waals surface area contributed by atoms with Crippen LogP contribution >= 0.6 is 22.6 Å². The van der Waals surface area contributed by atoms with Gasteiger partial charge in [-0.25, -0.2) is 4.79 Å². The van der Waals surface area contributed by atoms with Gasteiger partial charge in [0.15, 0.2) is 0 Å². The first-order valence-electron chi connectivity index (χ1n) is 18.8. The molecule has 0 aromatic carbocycles. The second-order valence-electron chi connectivity index (χ2n) is 13.5. The van der Waals surface area contributed by atoms with Crippen molar-refractivity contribution >= 4 is 52.3 Å². The molecule has 15 nitrogen and oxygen atoms in total. The van der Waals surface area contributed by atoms with E-state index in [4.69, 9.17) is 14.2 Å². The molecular weight excluding hydrogens is 773 g/mol. The highest BCUT2D eigenvalue weighted by molar-refractivity contribution is 14.1. The lowest BCUT2D eigenvalue weighted by molar-refractivity contribution is -0.130. The van der Waals surface area contributed by atoms with Crippen LogP contribution in [-0.4, -0.2) is 135 Å². The molecule has 0 aromatic heterocycles. The highest BCUT2D eigenvalue weighted by Crippen LogP contribution is 2.22. The lowest BCUT2D eigenvalue weighted by atomic mass is 9.97. The molecular formula is C35H64IN7O8. The summed E-state index contributed by atoms with van der Waals surface area (Å²) in [5.41, 5.74) is 0. The van der Waals surface area contributed by atoms with Crippen LogP contribution in [0.4, 0.5) is 4.79 Å². The number of hydrogen-bond acceptors (Lipinski definition) is 9. The minimum absolute atomic E-state index is 0.0131. The third kappa shape index (κ3) is 20.5. The average Bonchev–Trinajstić information content (AvgIpc) is 3.43. The van der Waals surface area contributed by atoms with E-state index >= 15 is 0 Å². The summed E-state index contributed by atoms with van der Waals surface area (Å²) in [6.07, 6.45) is 9.13. The molecule has 6 N–H and O–H groups in total. The summed E-state index contributed by atoms with van der Waals surface area (Å²) in [6, 6.07) is 0.123. The maximum Gasteiger partial charge on any atom is 0.315 e. The molecule has 5 unspecified atom stereocenters. The number of nitrogens with zero attached hydrogens (tertiary/aromatic N) is 1. The van der Waals surface area contributed by atoms with E-state index in [-0.39, 0.29) is 48.3 Å². The number of hydrogen-bond donors (Lipinski definition) is 6. The van der Waals surface area contributed by atoms with Crippen molar-refractivity contribution in [3.63, 3.8) is 0 Å². The number of carbonyl (C=O) groups excluding carboxylic acids is 5. The van der Waals surface area contributed by atoms with Crippen LogP contribution in [0.5, 0.6) is 0 Å². The first-order valence-corrected chi connectivity index (χ1v) is 20.4. The molecule has 0 spiro atoms. The number of urea groups is 1. The summed E-state index contributed by atoms with van der Waals surface area (Å²) in [7, 11) is 0. The van der Waals surface area contributed by atoms with Crippen LogP contribution in [-0.2, 0) is 33.4 Å². The van der Waals surface area contributed by atoms with Gasteiger partial charge in [0, 0.05) is 44.2 Å². The van der Waals surface area contributed by atoms with Gasteiger partial charge < -0.3 is 46.1 Å². The van der Waals surface area contributed by atoms with E-state index < -0.39 is 6.04 Å². The molecule has 2 heterocycles. The highest BCUT2D eigenvalue weighted by atomic mass is 127. The van der Waals surface area contributed by atoms with Crippen molar-refractivity contribution < 1.29 is 38.2 Å². The van der Waals surface area contributed by atoms with Gasteiger partial charge in [0.1, 0.15) is 6.04 Å². The van der Waals surface area contributed by atoms with Crippen molar-refractivity contribution in [1.82, 2.24) is 36.8 Å². The Hall–Kier alpha value is -2.28. The number of halogens is 1. The number of rotatable bonds is 28. The van der Waals surface area contributed by atoms with Crippen molar-refractivity contribution in [1.29, 1.82) is 0 Å². The van der Waals surface area contributed by atoms with Crippen LogP contribution in [0.3, 0.4) is 0 Å². The van der Waals surface area contributed by atoms with Gasteiger partial charge in [-0.05, 0) is 65.7 Å². The third-order valence-corrected chi connectivity index (χ3v) is 9.97. The largest absolute Gasteiger partial charge is 0.377 e. The Balaban J connectivity index is 1.63. The van der Waals surface area contributed by atoms with Gasteiger partial charge in [0.2, 0.25) is 23.6 Å². The van der Waals surface area contributed by atoms with Crippen LogP contribution in [0.25, 0.3) is 0 Å². The monoisotopic (exact) mass is 837 g/mol. The number of ether oxygens (including phenoxy) is 3. The lowest BCUT2D eigenvalue weighted by Crippen LogP contribution is -2.53. The Bertz CT molecular complexity index is 1030. The zero-order chi connectivity index (χ0) is 37.3. The van der Waals surface area contributed by atoms with E-state index in [2.05, 4.69) is 50.6 Å². The quantitative estimate of drug-likeness (QED) is 0.0388.